The smallest absolute Gasteiger partial charge is 0.131 e. The van der Waals surface area contributed by atoms with Crippen LogP contribution in [0.2, 0.25) is 0 Å². The molecule has 0 saturated heterocycles. The Bertz CT molecular complexity index is 587. The first kappa shape index (κ1) is 14.0. The predicted molar refractivity (Wildman–Crippen MR) is 74.2 cm³/mol. The third kappa shape index (κ3) is 3.52. The van der Waals surface area contributed by atoms with Crippen LogP contribution in [0.4, 0.5) is 21.5 Å². The van der Waals surface area contributed by atoms with E-state index in [2.05, 4.69) is 10.5 Å². The maximum absolute atomic E-state index is 12.8. The maximum atomic E-state index is 12.8. The minimum absolute atomic E-state index is 0.103. The fourth-order valence-electron chi connectivity index (χ4n) is 1.64. The molecule has 2 aromatic carbocycles. The second-order valence-corrected chi connectivity index (χ2v) is 3.97. The zero-order valence-corrected chi connectivity index (χ0v) is 10.5. The normalized spacial score (nSPS) is 10.1. The lowest BCUT2D eigenvalue weighted by atomic mass is 10.2. The molecule has 0 saturated carbocycles. The van der Waals surface area contributed by atoms with E-state index >= 15 is 0 Å². The van der Waals surface area contributed by atoms with Gasteiger partial charge in [0.1, 0.15) is 23.9 Å². The van der Waals surface area contributed by atoms with Gasteiger partial charge in [0.2, 0.25) is 0 Å². The number of aliphatic hydroxyl groups is 1. The van der Waals surface area contributed by atoms with Crippen LogP contribution in [0.5, 0.6) is 5.75 Å². The van der Waals surface area contributed by atoms with Crippen molar-refractivity contribution in [3.05, 3.63) is 53.2 Å². The van der Waals surface area contributed by atoms with Crippen LogP contribution >= 0.6 is 0 Å². The number of rotatable bonds is 6. The maximum Gasteiger partial charge on any atom is 0.131 e. The van der Waals surface area contributed by atoms with E-state index in [0.29, 0.717) is 17.1 Å². The van der Waals surface area contributed by atoms with E-state index in [-0.39, 0.29) is 24.7 Å². The second-order valence-electron chi connectivity index (χ2n) is 3.97. The van der Waals surface area contributed by atoms with Crippen LogP contribution in [0.3, 0.4) is 0 Å². The summed E-state index contributed by atoms with van der Waals surface area (Å²) in [4.78, 5) is 10.8. The lowest BCUT2D eigenvalue weighted by Crippen LogP contribution is -2.02. The molecule has 0 aliphatic heterocycles. The van der Waals surface area contributed by atoms with Crippen molar-refractivity contribution in [3.8, 4) is 5.75 Å². The molecule has 0 spiro atoms. The Labute approximate surface area is 115 Å². The number of nitrogens with zero attached hydrogens (tertiary/aromatic N) is 1. The molecule has 0 aliphatic carbocycles. The highest BCUT2D eigenvalue weighted by Crippen LogP contribution is 2.31. The van der Waals surface area contributed by atoms with Gasteiger partial charge in [0.15, 0.2) is 0 Å². The van der Waals surface area contributed by atoms with Crippen LogP contribution in [0.25, 0.3) is 0 Å². The Hall–Kier alpha value is -2.47. The van der Waals surface area contributed by atoms with Crippen molar-refractivity contribution in [1.82, 2.24) is 0 Å². The van der Waals surface area contributed by atoms with Gasteiger partial charge in [-0.05, 0) is 41.6 Å². The van der Waals surface area contributed by atoms with Crippen molar-refractivity contribution in [2.45, 2.75) is 0 Å². The number of anilines is 2. The highest BCUT2D eigenvalue weighted by molar-refractivity contribution is 5.73. The van der Waals surface area contributed by atoms with Gasteiger partial charge in [0.05, 0.1) is 12.3 Å². The Kier molecular flexibility index (Phi) is 4.62. The molecule has 0 bridgehead atoms. The average Bonchev–Trinajstić information content (AvgIpc) is 2.48. The molecule has 0 unspecified atom stereocenters. The number of benzene rings is 2. The summed E-state index contributed by atoms with van der Waals surface area (Å²) in [6, 6.07) is 10.4. The van der Waals surface area contributed by atoms with Crippen molar-refractivity contribution >= 4 is 17.1 Å². The van der Waals surface area contributed by atoms with Gasteiger partial charge in [-0.15, -0.1) is 4.91 Å². The SMILES string of the molecule is O=Nc1ccc(OCCO)cc1Nc1ccc(F)cc1. The quantitative estimate of drug-likeness (QED) is 0.794. The van der Waals surface area contributed by atoms with Gasteiger partial charge < -0.3 is 15.2 Å². The number of nitroso groups, excluding NO2 is 1. The zero-order chi connectivity index (χ0) is 14.4. The van der Waals surface area contributed by atoms with Crippen molar-refractivity contribution in [3.63, 3.8) is 0 Å². The summed E-state index contributed by atoms with van der Waals surface area (Å²) in [6.07, 6.45) is 0. The fourth-order valence-corrected chi connectivity index (χ4v) is 1.64. The Morgan fingerprint density at radius 3 is 2.60 bits per heavy atom. The van der Waals surface area contributed by atoms with Crippen LogP contribution in [0, 0.1) is 10.7 Å². The molecule has 0 aliphatic rings. The lowest BCUT2D eigenvalue weighted by Gasteiger charge is -2.10. The third-order valence-electron chi connectivity index (χ3n) is 2.55. The topological polar surface area (TPSA) is 70.9 Å². The number of halogens is 1. The van der Waals surface area contributed by atoms with E-state index in [1.165, 1.54) is 18.2 Å². The van der Waals surface area contributed by atoms with Crippen LogP contribution < -0.4 is 10.1 Å². The number of ether oxygens (including phenoxy) is 1. The molecule has 2 aromatic rings. The third-order valence-corrected chi connectivity index (χ3v) is 2.55. The molecule has 20 heavy (non-hydrogen) atoms. The number of nitrogens with one attached hydrogen (secondary N) is 1. The molecular weight excluding hydrogens is 263 g/mol. The first-order valence-electron chi connectivity index (χ1n) is 5.96. The molecule has 0 atom stereocenters. The van der Waals surface area contributed by atoms with Gasteiger partial charge in [0.25, 0.3) is 0 Å². The molecule has 6 heteroatoms. The first-order chi connectivity index (χ1) is 9.72. The lowest BCUT2D eigenvalue weighted by molar-refractivity contribution is 0.201. The standard InChI is InChI=1S/C14H13FN2O3/c15-10-1-3-11(4-2-10)16-14-9-12(20-8-7-18)5-6-13(14)17-19/h1-6,9,16,18H,7-8H2. The summed E-state index contributed by atoms with van der Waals surface area (Å²) in [5, 5.41) is 14.6. The predicted octanol–water partition coefficient (Wildman–Crippen LogP) is 3.34. The number of hydrogen-bond acceptors (Lipinski definition) is 5. The first-order valence-corrected chi connectivity index (χ1v) is 5.96. The van der Waals surface area contributed by atoms with Crippen LogP contribution in [-0.4, -0.2) is 18.3 Å². The summed E-state index contributed by atoms with van der Waals surface area (Å²) < 4.78 is 18.1. The highest BCUT2D eigenvalue weighted by Gasteiger charge is 2.06. The molecule has 0 heterocycles. The van der Waals surface area contributed by atoms with Gasteiger partial charge in [-0.3, -0.25) is 0 Å². The highest BCUT2D eigenvalue weighted by atomic mass is 19.1. The van der Waals surface area contributed by atoms with Crippen molar-refractivity contribution < 1.29 is 14.2 Å². The van der Waals surface area contributed by atoms with E-state index in [9.17, 15) is 9.30 Å². The Morgan fingerprint density at radius 2 is 1.95 bits per heavy atom. The Balaban J connectivity index is 2.23. The number of hydrogen-bond donors (Lipinski definition) is 2. The van der Waals surface area contributed by atoms with Gasteiger partial charge >= 0.3 is 0 Å². The summed E-state index contributed by atoms with van der Waals surface area (Å²) in [6.45, 7) is 0.0538. The van der Waals surface area contributed by atoms with E-state index in [1.54, 1.807) is 24.3 Å². The molecule has 104 valence electrons. The summed E-state index contributed by atoms with van der Waals surface area (Å²) in [7, 11) is 0. The molecule has 2 N–H and O–H groups in total. The van der Waals surface area contributed by atoms with Crippen LogP contribution in [0.1, 0.15) is 0 Å². The molecule has 0 fully saturated rings. The molecule has 0 aromatic heterocycles. The van der Waals surface area contributed by atoms with E-state index < -0.39 is 0 Å². The largest absolute Gasteiger partial charge is 0.491 e. The van der Waals surface area contributed by atoms with Crippen LogP contribution in [0.15, 0.2) is 47.6 Å². The molecule has 0 amide bonds. The molecule has 5 nitrogen and oxygen atoms in total. The van der Waals surface area contributed by atoms with E-state index in [1.807, 2.05) is 0 Å². The number of aliphatic hydroxyl groups excluding tert-OH is 1. The summed E-state index contributed by atoms with van der Waals surface area (Å²) in [5.41, 5.74) is 1.28. The minimum Gasteiger partial charge on any atom is -0.491 e. The molecule has 2 rings (SSSR count). The molecular formula is C14H13FN2O3. The van der Waals surface area contributed by atoms with Gasteiger partial charge in [-0.2, -0.15) is 0 Å². The van der Waals surface area contributed by atoms with Crippen molar-refractivity contribution in [1.29, 1.82) is 0 Å². The van der Waals surface area contributed by atoms with Gasteiger partial charge in [0, 0.05) is 11.8 Å². The molecule has 0 radical (unpaired) electrons. The van der Waals surface area contributed by atoms with Crippen LogP contribution in [-0.2, 0) is 0 Å². The van der Waals surface area contributed by atoms with Gasteiger partial charge in [-0.1, -0.05) is 0 Å². The van der Waals surface area contributed by atoms with E-state index in [0.717, 1.165) is 0 Å². The Morgan fingerprint density at radius 1 is 1.20 bits per heavy atom. The fraction of sp³-hybridized carbons (Fsp3) is 0.143. The van der Waals surface area contributed by atoms with Crippen molar-refractivity contribution in [2.24, 2.45) is 5.18 Å². The van der Waals surface area contributed by atoms with E-state index in [4.69, 9.17) is 9.84 Å². The second kappa shape index (κ2) is 6.63. The van der Waals surface area contributed by atoms with Gasteiger partial charge in [-0.25, -0.2) is 4.39 Å². The average molecular weight is 276 g/mol. The minimum atomic E-state index is -0.343. The zero-order valence-electron chi connectivity index (χ0n) is 10.5. The van der Waals surface area contributed by atoms with Crippen molar-refractivity contribution in [2.75, 3.05) is 18.5 Å². The summed E-state index contributed by atoms with van der Waals surface area (Å²) in [5.74, 6) is 0.153. The summed E-state index contributed by atoms with van der Waals surface area (Å²) >= 11 is 0. The monoisotopic (exact) mass is 276 g/mol.